The van der Waals surface area contributed by atoms with Crippen LogP contribution in [0.1, 0.15) is 5.56 Å². The van der Waals surface area contributed by atoms with Crippen LogP contribution in [0.2, 0.25) is 0 Å². The molecule has 21 heavy (non-hydrogen) atoms. The second-order valence-electron chi connectivity index (χ2n) is 5.12. The lowest BCUT2D eigenvalue weighted by Gasteiger charge is -2.16. The van der Waals surface area contributed by atoms with Gasteiger partial charge in [0.05, 0.1) is 12.7 Å². The summed E-state index contributed by atoms with van der Waals surface area (Å²) in [5, 5.41) is 31.2. The molecule has 2 rings (SSSR count). The number of carbonyl (C=O) groups is 1. The first kappa shape index (κ1) is 15.5. The molecule has 2 aromatic rings. The number of carboxylic acids is 1. The molecule has 6 nitrogen and oxygen atoms in total. The van der Waals surface area contributed by atoms with E-state index in [4.69, 9.17) is 5.11 Å². The zero-order valence-electron chi connectivity index (χ0n) is 11.9. The van der Waals surface area contributed by atoms with E-state index in [1.165, 1.54) is 0 Å². The van der Waals surface area contributed by atoms with Crippen molar-refractivity contribution in [2.24, 2.45) is 7.05 Å². The molecule has 0 fully saturated rings. The van der Waals surface area contributed by atoms with Crippen LogP contribution in [0, 0.1) is 0 Å². The minimum Gasteiger partial charge on any atom is -0.480 e. The maximum Gasteiger partial charge on any atom is 0.321 e. The summed E-state index contributed by atoms with van der Waals surface area (Å²) in [7, 11) is 1.92. The topological polar surface area (TPSA) is 94.7 Å². The maximum atomic E-state index is 11.3. The minimum absolute atomic E-state index is 0.0399. The highest BCUT2D eigenvalue weighted by Gasteiger charge is 2.20. The highest BCUT2D eigenvalue weighted by Crippen LogP contribution is 2.21. The predicted octanol–water partition coefficient (Wildman–Crippen LogP) is 0.117. The Hall–Kier alpha value is -1.89. The summed E-state index contributed by atoms with van der Waals surface area (Å²) in [5.41, 5.74) is 1.98. The Kier molecular flexibility index (Phi) is 4.95. The molecule has 1 aromatic heterocycles. The van der Waals surface area contributed by atoms with Crippen molar-refractivity contribution in [2.45, 2.75) is 18.6 Å². The van der Waals surface area contributed by atoms with E-state index in [1.54, 1.807) is 0 Å². The van der Waals surface area contributed by atoms with Crippen molar-refractivity contribution in [3.8, 4) is 0 Å². The third-order valence-electron chi connectivity index (χ3n) is 3.51. The van der Waals surface area contributed by atoms with E-state index >= 15 is 0 Å². The molecule has 0 saturated heterocycles. The Morgan fingerprint density at radius 3 is 2.76 bits per heavy atom. The van der Waals surface area contributed by atoms with Crippen LogP contribution in [0.15, 0.2) is 30.5 Å². The molecule has 114 valence electrons. The van der Waals surface area contributed by atoms with Gasteiger partial charge in [0.15, 0.2) is 0 Å². The van der Waals surface area contributed by atoms with Gasteiger partial charge in [-0.05, 0) is 11.6 Å². The first-order valence-electron chi connectivity index (χ1n) is 6.81. The quantitative estimate of drug-likeness (QED) is 0.581. The van der Waals surface area contributed by atoms with E-state index in [0.717, 1.165) is 16.5 Å². The van der Waals surface area contributed by atoms with Crippen LogP contribution >= 0.6 is 0 Å². The van der Waals surface area contributed by atoms with Crippen LogP contribution in [-0.2, 0) is 18.3 Å². The smallest absolute Gasteiger partial charge is 0.321 e. The molecular weight excluding hydrogens is 272 g/mol. The highest BCUT2D eigenvalue weighted by molar-refractivity contribution is 5.85. The fraction of sp³-hybridized carbons (Fsp3) is 0.400. The molecular formula is C15H20N2O4. The third-order valence-corrected chi connectivity index (χ3v) is 3.51. The summed E-state index contributed by atoms with van der Waals surface area (Å²) >= 11 is 0. The second kappa shape index (κ2) is 6.71. The van der Waals surface area contributed by atoms with Gasteiger partial charge in [0.1, 0.15) is 6.04 Å². The summed E-state index contributed by atoms with van der Waals surface area (Å²) in [5.74, 6) is -0.979. The number of hydrogen-bond donors (Lipinski definition) is 4. The van der Waals surface area contributed by atoms with Crippen LogP contribution < -0.4 is 5.32 Å². The normalized spacial score (nSPS) is 14.2. The van der Waals surface area contributed by atoms with E-state index in [0.29, 0.717) is 6.42 Å². The number of aryl methyl sites for hydroxylation is 1. The monoisotopic (exact) mass is 292 g/mol. The molecule has 0 amide bonds. The molecule has 6 heteroatoms. The van der Waals surface area contributed by atoms with Crippen LogP contribution in [0.4, 0.5) is 0 Å². The molecule has 0 bridgehead atoms. The predicted molar refractivity (Wildman–Crippen MR) is 79.1 cm³/mol. The largest absolute Gasteiger partial charge is 0.480 e. The van der Waals surface area contributed by atoms with Crippen LogP contribution in [0.5, 0.6) is 0 Å². The Morgan fingerprint density at radius 2 is 2.10 bits per heavy atom. The van der Waals surface area contributed by atoms with Crippen molar-refractivity contribution in [1.29, 1.82) is 0 Å². The fourth-order valence-corrected chi connectivity index (χ4v) is 2.40. The number of nitrogens with zero attached hydrogens (tertiary/aromatic N) is 1. The summed E-state index contributed by atoms with van der Waals surface area (Å²) in [4.78, 5) is 11.3. The van der Waals surface area contributed by atoms with Crippen LogP contribution in [0.3, 0.4) is 0 Å². The van der Waals surface area contributed by atoms with Crippen molar-refractivity contribution in [3.63, 3.8) is 0 Å². The number of carboxylic acid groups (broad SMARTS) is 1. The van der Waals surface area contributed by atoms with Gasteiger partial charge in [-0.1, -0.05) is 18.2 Å². The number of aliphatic hydroxyl groups is 2. The summed E-state index contributed by atoms with van der Waals surface area (Å²) < 4.78 is 1.96. The number of hydrogen-bond acceptors (Lipinski definition) is 4. The Bertz CT molecular complexity index is 623. The molecule has 1 aromatic carbocycles. The average molecular weight is 292 g/mol. The van der Waals surface area contributed by atoms with Crippen molar-refractivity contribution < 1.29 is 20.1 Å². The van der Waals surface area contributed by atoms with Crippen LogP contribution in [-0.4, -0.2) is 51.2 Å². The lowest BCUT2D eigenvalue weighted by Crippen LogP contribution is -2.43. The van der Waals surface area contributed by atoms with Gasteiger partial charge in [-0.3, -0.25) is 4.79 Å². The van der Waals surface area contributed by atoms with Gasteiger partial charge in [0.25, 0.3) is 0 Å². The number of aliphatic carboxylic acids is 1. The van der Waals surface area contributed by atoms with Gasteiger partial charge in [0, 0.05) is 37.1 Å². The highest BCUT2D eigenvalue weighted by atomic mass is 16.4. The Balaban J connectivity index is 2.17. The van der Waals surface area contributed by atoms with Gasteiger partial charge in [-0.25, -0.2) is 0 Å². The summed E-state index contributed by atoms with van der Waals surface area (Å²) in [6, 6.07) is 7.00. The third kappa shape index (κ3) is 3.60. The average Bonchev–Trinajstić information content (AvgIpc) is 2.79. The molecule has 0 spiro atoms. The Labute approximate surface area is 122 Å². The number of fused-ring (bicyclic) bond motifs is 1. The fourth-order valence-electron chi connectivity index (χ4n) is 2.40. The first-order valence-corrected chi connectivity index (χ1v) is 6.81. The molecule has 0 radical (unpaired) electrons. The SMILES string of the molecule is Cn1cc(C[C@@H](NCC(O)CO)C(=O)O)c2ccccc21. The minimum atomic E-state index is -0.979. The van der Waals surface area contributed by atoms with Gasteiger partial charge < -0.3 is 25.2 Å². The van der Waals surface area contributed by atoms with E-state index in [2.05, 4.69) is 5.32 Å². The van der Waals surface area contributed by atoms with Crippen molar-refractivity contribution in [3.05, 3.63) is 36.0 Å². The molecule has 0 aliphatic rings. The number of rotatable bonds is 7. The van der Waals surface area contributed by atoms with E-state index in [9.17, 15) is 15.0 Å². The molecule has 1 unspecified atom stereocenters. The molecule has 0 aliphatic heterocycles. The molecule has 0 aliphatic carbocycles. The second-order valence-corrected chi connectivity index (χ2v) is 5.12. The van der Waals surface area contributed by atoms with Crippen LogP contribution in [0.25, 0.3) is 10.9 Å². The zero-order valence-corrected chi connectivity index (χ0v) is 11.9. The number of nitrogens with one attached hydrogen (secondary N) is 1. The van der Waals surface area contributed by atoms with Gasteiger partial charge >= 0.3 is 5.97 Å². The van der Waals surface area contributed by atoms with E-state index in [-0.39, 0.29) is 6.54 Å². The Morgan fingerprint density at radius 1 is 1.38 bits per heavy atom. The lowest BCUT2D eigenvalue weighted by atomic mass is 10.0. The first-order chi connectivity index (χ1) is 10.0. The zero-order chi connectivity index (χ0) is 15.4. The number of para-hydroxylation sites is 1. The van der Waals surface area contributed by atoms with Gasteiger partial charge in [-0.2, -0.15) is 0 Å². The van der Waals surface area contributed by atoms with E-state index < -0.39 is 24.7 Å². The van der Waals surface area contributed by atoms with Crippen molar-refractivity contribution in [1.82, 2.24) is 9.88 Å². The molecule has 1 heterocycles. The maximum absolute atomic E-state index is 11.3. The number of aromatic nitrogens is 1. The van der Waals surface area contributed by atoms with E-state index in [1.807, 2.05) is 42.1 Å². The van der Waals surface area contributed by atoms with Gasteiger partial charge in [0.2, 0.25) is 0 Å². The van der Waals surface area contributed by atoms with Crippen molar-refractivity contribution >= 4 is 16.9 Å². The molecule has 2 atom stereocenters. The van der Waals surface area contributed by atoms with Crippen molar-refractivity contribution in [2.75, 3.05) is 13.2 Å². The van der Waals surface area contributed by atoms with Gasteiger partial charge in [-0.15, -0.1) is 0 Å². The lowest BCUT2D eigenvalue weighted by molar-refractivity contribution is -0.139. The molecule has 4 N–H and O–H groups in total. The number of benzene rings is 1. The number of aliphatic hydroxyl groups excluding tert-OH is 2. The standard InChI is InChI=1S/C15H20N2O4/c1-17-8-10(12-4-2-3-5-14(12)17)6-13(15(20)21)16-7-11(19)9-18/h2-5,8,11,13,16,18-19H,6-7,9H2,1H3,(H,20,21)/t11?,13-/m1/s1. The summed E-state index contributed by atoms with van der Waals surface area (Å²) in [6.07, 6.45) is 1.28. The molecule has 0 saturated carbocycles. The summed E-state index contributed by atoms with van der Waals surface area (Å²) in [6.45, 7) is -0.355.